The minimum absolute atomic E-state index is 0.0741. The Bertz CT molecular complexity index is 1360. The molecule has 2 aliphatic heterocycles. The number of rotatable bonds is 7. The summed E-state index contributed by atoms with van der Waals surface area (Å²) < 4.78 is 64.4. The van der Waals surface area contributed by atoms with Crippen molar-refractivity contribution < 1.29 is 31.9 Å². The molecule has 2 atom stereocenters. The van der Waals surface area contributed by atoms with Gasteiger partial charge in [0.2, 0.25) is 11.9 Å². The van der Waals surface area contributed by atoms with Gasteiger partial charge in [-0.05, 0) is 37.1 Å². The molecule has 2 unspecified atom stereocenters. The number of halogens is 4. The van der Waals surface area contributed by atoms with E-state index in [4.69, 9.17) is 4.74 Å². The summed E-state index contributed by atoms with van der Waals surface area (Å²) in [5.74, 6) is -3.59. The third-order valence-corrected chi connectivity index (χ3v) is 7.32. The van der Waals surface area contributed by atoms with Gasteiger partial charge in [-0.2, -0.15) is 22.8 Å². The molecule has 218 valence electrons. The molecule has 0 radical (unpaired) electrons. The number of ether oxygens (including phenoxy) is 1. The van der Waals surface area contributed by atoms with Crippen molar-refractivity contribution in [2.45, 2.75) is 37.5 Å². The number of piperidine rings is 1. The van der Waals surface area contributed by atoms with E-state index in [-0.39, 0.29) is 36.8 Å². The van der Waals surface area contributed by atoms with Crippen LogP contribution in [-0.2, 0) is 16.1 Å². The molecule has 3 aromatic rings. The van der Waals surface area contributed by atoms with E-state index in [1.165, 1.54) is 23.1 Å². The number of aromatic nitrogens is 3. The van der Waals surface area contributed by atoms with E-state index in [1.54, 1.807) is 0 Å². The first-order chi connectivity index (χ1) is 19.7. The molecule has 1 amide bonds. The summed E-state index contributed by atoms with van der Waals surface area (Å²) in [5, 5.41) is 7.20. The molecule has 2 fully saturated rings. The van der Waals surface area contributed by atoms with Gasteiger partial charge in [0, 0.05) is 25.6 Å². The van der Waals surface area contributed by atoms with Gasteiger partial charge in [0.15, 0.2) is 5.82 Å². The van der Waals surface area contributed by atoms with Crippen molar-refractivity contribution in [2.24, 2.45) is 0 Å². The summed E-state index contributed by atoms with van der Waals surface area (Å²) in [5.41, 5.74) is 0.543. The number of benzene rings is 2. The predicted molar refractivity (Wildman–Crippen MR) is 141 cm³/mol. The summed E-state index contributed by atoms with van der Waals surface area (Å²) in [6.07, 6.45) is -4.23. The smallest absolute Gasteiger partial charge is 0.378 e. The molecule has 3 heterocycles. The molecule has 13 heteroatoms. The van der Waals surface area contributed by atoms with Gasteiger partial charge in [-0.25, -0.2) is 4.39 Å². The van der Waals surface area contributed by atoms with Crippen LogP contribution in [0.3, 0.4) is 0 Å². The van der Waals surface area contributed by atoms with E-state index in [0.29, 0.717) is 32.7 Å². The number of anilines is 1. The number of alkyl halides is 3. The maximum Gasteiger partial charge on any atom is 0.404 e. The number of carbonyl (C=O) groups is 2. The highest BCUT2D eigenvalue weighted by atomic mass is 19.4. The lowest BCUT2D eigenvalue weighted by molar-refractivity contribution is -0.198. The Kier molecular flexibility index (Phi) is 8.64. The molecule has 0 aliphatic carbocycles. The fourth-order valence-corrected chi connectivity index (χ4v) is 5.30. The van der Waals surface area contributed by atoms with Crippen molar-refractivity contribution in [3.05, 3.63) is 77.4 Å². The normalized spacial score (nSPS) is 20.1. The number of likely N-dealkylation sites (tertiary alicyclic amines) is 1. The zero-order valence-corrected chi connectivity index (χ0v) is 22.2. The molecule has 0 bridgehead atoms. The Morgan fingerprint density at radius 1 is 1.00 bits per heavy atom. The van der Waals surface area contributed by atoms with Gasteiger partial charge in [-0.3, -0.25) is 14.5 Å². The molecular weight excluding hydrogens is 544 g/mol. The van der Waals surface area contributed by atoms with Crippen LogP contribution in [0.2, 0.25) is 0 Å². The zero-order valence-electron chi connectivity index (χ0n) is 22.2. The van der Waals surface area contributed by atoms with Crippen LogP contribution in [0.25, 0.3) is 0 Å². The summed E-state index contributed by atoms with van der Waals surface area (Å²) >= 11 is 0. The highest BCUT2D eigenvalue weighted by Gasteiger charge is 2.52. The first-order valence-corrected chi connectivity index (χ1v) is 13.4. The van der Waals surface area contributed by atoms with Crippen LogP contribution in [0.1, 0.15) is 40.5 Å². The van der Waals surface area contributed by atoms with E-state index in [9.17, 15) is 27.2 Å². The molecule has 41 heavy (non-hydrogen) atoms. The predicted octanol–water partition coefficient (Wildman–Crippen LogP) is 3.69. The number of nitrogens with zero attached hydrogens (tertiary/aromatic N) is 5. The zero-order chi connectivity index (χ0) is 29.0. The van der Waals surface area contributed by atoms with Crippen LogP contribution in [0.5, 0.6) is 0 Å². The van der Waals surface area contributed by atoms with Crippen LogP contribution >= 0.6 is 0 Å². The SMILES string of the molecule is O=C(CN1CCCC(c2nc(NCc3ccccc3)n(C(=O)c3ccccc3F)n2)C1C(F)(F)F)N1CCOCC1. The Balaban J connectivity index is 1.46. The molecule has 0 spiro atoms. The Morgan fingerprint density at radius 3 is 2.41 bits per heavy atom. The topological polar surface area (TPSA) is 92.6 Å². The van der Waals surface area contributed by atoms with Crippen LogP contribution in [0.15, 0.2) is 54.6 Å². The largest absolute Gasteiger partial charge is 0.404 e. The average molecular weight is 575 g/mol. The van der Waals surface area contributed by atoms with Gasteiger partial charge in [0.05, 0.1) is 25.3 Å². The van der Waals surface area contributed by atoms with Crippen LogP contribution < -0.4 is 5.32 Å². The second-order valence-electron chi connectivity index (χ2n) is 10.0. The third-order valence-electron chi connectivity index (χ3n) is 7.32. The van der Waals surface area contributed by atoms with Gasteiger partial charge in [0.1, 0.15) is 11.9 Å². The van der Waals surface area contributed by atoms with Gasteiger partial charge < -0.3 is 15.0 Å². The third kappa shape index (κ3) is 6.57. The summed E-state index contributed by atoms with van der Waals surface area (Å²) in [7, 11) is 0. The second kappa shape index (κ2) is 12.4. The lowest BCUT2D eigenvalue weighted by Crippen LogP contribution is -2.56. The summed E-state index contributed by atoms with van der Waals surface area (Å²) in [6.45, 7) is 1.21. The number of amides is 1. The maximum atomic E-state index is 14.6. The molecule has 5 rings (SSSR count). The van der Waals surface area contributed by atoms with Crippen LogP contribution in [0, 0.1) is 5.82 Å². The fourth-order valence-electron chi connectivity index (χ4n) is 5.30. The van der Waals surface area contributed by atoms with Crippen LogP contribution in [0.4, 0.5) is 23.5 Å². The molecule has 1 aromatic heterocycles. The molecule has 1 N–H and O–H groups in total. The molecule has 2 saturated heterocycles. The lowest BCUT2D eigenvalue weighted by atomic mass is 9.87. The van der Waals surface area contributed by atoms with Gasteiger partial charge >= 0.3 is 6.18 Å². The molecule has 0 saturated carbocycles. The summed E-state index contributed by atoms with van der Waals surface area (Å²) in [6, 6.07) is 12.4. The quantitative estimate of drug-likeness (QED) is 0.431. The van der Waals surface area contributed by atoms with Crippen LogP contribution in [-0.4, -0.2) is 88.0 Å². The average Bonchev–Trinajstić information content (AvgIpc) is 3.40. The lowest BCUT2D eigenvalue weighted by Gasteiger charge is -2.41. The van der Waals surface area contributed by atoms with Crippen molar-refractivity contribution in [1.82, 2.24) is 24.6 Å². The Morgan fingerprint density at radius 2 is 1.71 bits per heavy atom. The van der Waals surface area contributed by atoms with Gasteiger partial charge in [0.25, 0.3) is 5.91 Å². The Hall–Kier alpha value is -3.84. The Labute approximate surface area is 234 Å². The van der Waals surface area contributed by atoms with E-state index in [2.05, 4.69) is 15.4 Å². The monoisotopic (exact) mass is 574 g/mol. The molecular formula is C28H30F4N6O3. The van der Waals surface area contributed by atoms with E-state index < -0.39 is 42.3 Å². The van der Waals surface area contributed by atoms with Crippen molar-refractivity contribution >= 4 is 17.8 Å². The van der Waals surface area contributed by atoms with E-state index >= 15 is 0 Å². The number of nitrogens with one attached hydrogen (secondary N) is 1. The summed E-state index contributed by atoms with van der Waals surface area (Å²) in [4.78, 5) is 33.2. The second-order valence-corrected chi connectivity index (χ2v) is 10.0. The van der Waals surface area contributed by atoms with Gasteiger partial charge in [-0.1, -0.05) is 42.5 Å². The number of morpholine rings is 1. The first kappa shape index (κ1) is 28.7. The van der Waals surface area contributed by atoms with Crippen molar-refractivity contribution in [2.75, 3.05) is 44.7 Å². The molecule has 2 aliphatic rings. The van der Waals surface area contributed by atoms with E-state index in [1.807, 2.05) is 30.3 Å². The highest BCUT2D eigenvalue weighted by molar-refractivity contribution is 5.97. The van der Waals surface area contributed by atoms with E-state index in [0.717, 1.165) is 21.2 Å². The van der Waals surface area contributed by atoms with Gasteiger partial charge in [-0.15, -0.1) is 5.10 Å². The van der Waals surface area contributed by atoms with Crippen molar-refractivity contribution in [1.29, 1.82) is 0 Å². The molecule has 9 nitrogen and oxygen atoms in total. The fraction of sp³-hybridized carbons (Fsp3) is 0.429. The number of carbonyl (C=O) groups excluding carboxylic acids is 2. The minimum atomic E-state index is -4.70. The minimum Gasteiger partial charge on any atom is -0.378 e. The maximum absolute atomic E-state index is 14.6. The van der Waals surface area contributed by atoms with Crippen molar-refractivity contribution in [3.8, 4) is 0 Å². The first-order valence-electron chi connectivity index (χ1n) is 13.4. The number of hydrogen-bond donors (Lipinski definition) is 1. The van der Waals surface area contributed by atoms with Crippen molar-refractivity contribution in [3.63, 3.8) is 0 Å². The highest BCUT2D eigenvalue weighted by Crippen LogP contribution is 2.40. The molecule has 2 aromatic carbocycles. The number of hydrogen-bond acceptors (Lipinski definition) is 7. The standard InChI is InChI=1S/C28H30F4N6O3/c29-22-11-5-4-9-20(22)26(40)38-27(33-17-19-7-2-1-3-8-19)34-25(35-38)21-10-6-12-37(24(21)28(30,31)32)18-23(39)36-13-15-41-16-14-36/h1-5,7-9,11,21,24H,6,10,12-18H2,(H,33,34,35).